The zero-order valence-corrected chi connectivity index (χ0v) is 13.6. The highest BCUT2D eigenvalue weighted by Gasteiger charge is 2.09. The maximum Gasteiger partial charge on any atom is 0.119 e. The van der Waals surface area contributed by atoms with Gasteiger partial charge in [0.1, 0.15) is 12.4 Å². The number of nitrogens with two attached hydrogens (primary N) is 1. The van der Waals surface area contributed by atoms with Crippen LogP contribution >= 0.6 is 12.2 Å². The van der Waals surface area contributed by atoms with Gasteiger partial charge >= 0.3 is 0 Å². The summed E-state index contributed by atoms with van der Waals surface area (Å²) in [7, 11) is 2.16. The van der Waals surface area contributed by atoms with E-state index < -0.39 is 0 Å². The summed E-state index contributed by atoms with van der Waals surface area (Å²) in [5, 5.41) is 0. The van der Waals surface area contributed by atoms with Crippen LogP contribution in [0, 0.1) is 0 Å². The minimum atomic E-state index is 0.519. The van der Waals surface area contributed by atoms with Crippen molar-refractivity contribution in [2.75, 3.05) is 20.2 Å². The zero-order valence-electron chi connectivity index (χ0n) is 12.8. The van der Waals surface area contributed by atoms with Gasteiger partial charge in [0.05, 0.1) is 4.99 Å². The molecular formula is C16H26N2OS. The molecule has 0 aliphatic carbocycles. The molecule has 0 unspecified atom stereocenters. The SMILES string of the molecule is CCC(CC)N(C)CCOc1ccc(CC(N)=S)cc1. The summed E-state index contributed by atoms with van der Waals surface area (Å²) in [6.45, 7) is 6.11. The van der Waals surface area contributed by atoms with Gasteiger partial charge in [-0.3, -0.25) is 0 Å². The summed E-state index contributed by atoms with van der Waals surface area (Å²) in [5.74, 6) is 0.898. The van der Waals surface area contributed by atoms with Crippen molar-refractivity contribution in [3.8, 4) is 5.75 Å². The monoisotopic (exact) mass is 294 g/mol. The summed E-state index contributed by atoms with van der Waals surface area (Å²) >= 11 is 4.90. The average Bonchev–Trinajstić information content (AvgIpc) is 2.41. The molecule has 0 aromatic heterocycles. The maximum atomic E-state index is 5.77. The Balaban J connectivity index is 2.36. The molecule has 1 rings (SSSR count). The van der Waals surface area contributed by atoms with E-state index in [1.54, 1.807) is 0 Å². The molecule has 0 radical (unpaired) electrons. The van der Waals surface area contributed by atoms with Crippen LogP contribution in [0.15, 0.2) is 24.3 Å². The van der Waals surface area contributed by atoms with Crippen molar-refractivity contribution in [1.82, 2.24) is 4.90 Å². The molecule has 0 heterocycles. The molecule has 0 amide bonds. The number of rotatable bonds is 9. The van der Waals surface area contributed by atoms with E-state index in [9.17, 15) is 0 Å². The van der Waals surface area contributed by atoms with Gasteiger partial charge in [-0.25, -0.2) is 0 Å². The van der Waals surface area contributed by atoms with E-state index >= 15 is 0 Å². The molecule has 1 aromatic carbocycles. The molecule has 0 saturated heterocycles. The van der Waals surface area contributed by atoms with Gasteiger partial charge in [0, 0.05) is 19.0 Å². The standard InChI is InChI=1S/C16H26N2OS/c1-4-14(5-2)18(3)10-11-19-15-8-6-13(7-9-15)12-16(17)20/h6-9,14H,4-5,10-12H2,1-3H3,(H2,17,20). The first kappa shape index (κ1) is 16.9. The Morgan fingerprint density at radius 2 is 1.85 bits per heavy atom. The van der Waals surface area contributed by atoms with E-state index in [2.05, 4.69) is 25.8 Å². The van der Waals surface area contributed by atoms with Crippen LogP contribution in [0.25, 0.3) is 0 Å². The molecule has 112 valence electrons. The van der Waals surface area contributed by atoms with Gasteiger partial charge < -0.3 is 15.4 Å². The lowest BCUT2D eigenvalue weighted by molar-refractivity contribution is 0.183. The van der Waals surface area contributed by atoms with Crippen molar-refractivity contribution >= 4 is 17.2 Å². The molecule has 0 aliphatic rings. The third-order valence-corrected chi connectivity index (χ3v) is 3.72. The quantitative estimate of drug-likeness (QED) is 0.711. The fourth-order valence-corrected chi connectivity index (χ4v) is 2.47. The predicted molar refractivity (Wildman–Crippen MR) is 89.4 cm³/mol. The van der Waals surface area contributed by atoms with Crippen LogP contribution in [0.4, 0.5) is 0 Å². The minimum absolute atomic E-state index is 0.519. The second-order valence-electron chi connectivity index (χ2n) is 5.09. The summed E-state index contributed by atoms with van der Waals surface area (Å²) in [6.07, 6.45) is 3.01. The highest BCUT2D eigenvalue weighted by atomic mass is 32.1. The molecule has 20 heavy (non-hydrogen) atoms. The Morgan fingerprint density at radius 3 is 2.35 bits per heavy atom. The Labute approximate surface area is 128 Å². The van der Waals surface area contributed by atoms with E-state index in [4.69, 9.17) is 22.7 Å². The molecule has 3 nitrogen and oxygen atoms in total. The summed E-state index contributed by atoms with van der Waals surface area (Å²) in [6, 6.07) is 8.62. The number of hydrogen-bond acceptors (Lipinski definition) is 3. The number of thiocarbonyl (C=S) groups is 1. The summed E-state index contributed by atoms with van der Waals surface area (Å²) in [4.78, 5) is 2.88. The molecule has 0 spiro atoms. The molecule has 2 N–H and O–H groups in total. The summed E-state index contributed by atoms with van der Waals surface area (Å²) < 4.78 is 5.77. The highest BCUT2D eigenvalue weighted by Crippen LogP contribution is 2.13. The van der Waals surface area contributed by atoms with Crippen LogP contribution in [0.2, 0.25) is 0 Å². The van der Waals surface area contributed by atoms with Crippen molar-refractivity contribution in [3.05, 3.63) is 29.8 Å². The van der Waals surface area contributed by atoms with Gasteiger partial charge in [0.15, 0.2) is 0 Å². The number of ether oxygens (including phenoxy) is 1. The lowest BCUT2D eigenvalue weighted by Gasteiger charge is -2.25. The van der Waals surface area contributed by atoms with Crippen molar-refractivity contribution in [2.24, 2.45) is 5.73 Å². The van der Waals surface area contributed by atoms with E-state index in [1.165, 1.54) is 12.8 Å². The van der Waals surface area contributed by atoms with Crippen molar-refractivity contribution in [1.29, 1.82) is 0 Å². The van der Waals surface area contributed by atoms with E-state index in [0.717, 1.165) is 17.9 Å². The average molecular weight is 294 g/mol. The van der Waals surface area contributed by atoms with Gasteiger partial charge in [-0.1, -0.05) is 38.2 Å². The molecule has 0 bridgehead atoms. The van der Waals surface area contributed by atoms with Crippen LogP contribution in [0.1, 0.15) is 32.3 Å². The lowest BCUT2D eigenvalue weighted by Crippen LogP contribution is -2.33. The third kappa shape index (κ3) is 5.88. The van der Waals surface area contributed by atoms with Gasteiger partial charge in [0.2, 0.25) is 0 Å². The molecule has 0 fully saturated rings. The number of likely N-dealkylation sites (N-methyl/N-ethyl adjacent to an activating group) is 1. The third-order valence-electron chi connectivity index (χ3n) is 3.58. The fraction of sp³-hybridized carbons (Fsp3) is 0.562. The Bertz CT molecular complexity index is 401. The van der Waals surface area contributed by atoms with Crippen molar-refractivity contribution < 1.29 is 4.74 Å². The molecule has 0 saturated carbocycles. The van der Waals surface area contributed by atoms with Crippen LogP contribution in [0.5, 0.6) is 5.75 Å². The largest absolute Gasteiger partial charge is 0.492 e. The molecule has 4 heteroatoms. The Kier molecular flexibility index (Phi) is 7.55. The van der Waals surface area contributed by atoms with Crippen molar-refractivity contribution in [3.63, 3.8) is 0 Å². The van der Waals surface area contributed by atoms with E-state index in [0.29, 0.717) is 24.1 Å². The van der Waals surface area contributed by atoms with Crippen LogP contribution < -0.4 is 10.5 Å². The maximum absolute atomic E-state index is 5.77. The van der Waals surface area contributed by atoms with Gasteiger partial charge in [-0.05, 0) is 37.6 Å². The lowest BCUT2D eigenvalue weighted by atomic mass is 10.1. The normalized spacial score (nSPS) is 11.1. The number of hydrogen-bond donors (Lipinski definition) is 1. The Morgan fingerprint density at radius 1 is 1.25 bits per heavy atom. The molecule has 1 aromatic rings. The van der Waals surface area contributed by atoms with Gasteiger partial charge in [-0.2, -0.15) is 0 Å². The van der Waals surface area contributed by atoms with Crippen LogP contribution in [-0.4, -0.2) is 36.1 Å². The topological polar surface area (TPSA) is 38.5 Å². The second-order valence-corrected chi connectivity index (χ2v) is 5.61. The van der Waals surface area contributed by atoms with Crippen LogP contribution in [0.3, 0.4) is 0 Å². The molecule has 0 atom stereocenters. The van der Waals surface area contributed by atoms with Gasteiger partial charge in [0.25, 0.3) is 0 Å². The first-order valence-electron chi connectivity index (χ1n) is 7.27. The fourth-order valence-electron chi connectivity index (χ4n) is 2.31. The first-order valence-corrected chi connectivity index (χ1v) is 7.67. The zero-order chi connectivity index (χ0) is 15.0. The Hall–Kier alpha value is -1.13. The van der Waals surface area contributed by atoms with E-state index in [-0.39, 0.29) is 0 Å². The van der Waals surface area contributed by atoms with Crippen LogP contribution in [-0.2, 0) is 6.42 Å². The smallest absolute Gasteiger partial charge is 0.119 e. The summed E-state index contributed by atoms with van der Waals surface area (Å²) in [5.41, 5.74) is 6.65. The first-order chi connectivity index (χ1) is 9.56. The minimum Gasteiger partial charge on any atom is -0.492 e. The van der Waals surface area contributed by atoms with Gasteiger partial charge in [-0.15, -0.1) is 0 Å². The van der Waals surface area contributed by atoms with Crippen molar-refractivity contribution in [2.45, 2.75) is 39.2 Å². The highest BCUT2D eigenvalue weighted by molar-refractivity contribution is 7.80. The number of benzene rings is 1. The molecule has 0 aliphatic heterocycles. The second kappa shape index (κ2) is 8.93. The number of nitrogens with zero attached hydrogens (tertiary/aromatic N) is 1. The molecular weight excluding hydrogens is 268 g/mol. The predicted octanol–water partition coefficient (Wildman–Crippen LogP) is 3.01. The van der Waals surface area contributed by atoms with E-state index in [1.807, 2.05) is 24.3 Å².